The fourth-order valence-electron chi connectivity index (χ4n) is 3.32. The molecule has 2 saturated heterocycles. The minimum absolute atomic E-state index is 0.384. The highest BCUT2D eigenvalue weighted by Crippen LogP contribution is 2.29. The van der Waals surface area contributed by atoms with Crippen molar-refractivity contribution >= 4 is 0 Å². The van der Waals surface area contributed by atoms with Crippen LogP contribution >= 0.6 is 0 Å². The number of hydrogen-bond donors (Lipinski definition) is 1. The monoisotopic (exact) mass is 240 g/mol. The Labute approximate surface area is 106 Å². The lowest BCUT2D eigenvalue weighted by Gasteiger charge is -2.50. The Morgan fingerprint density at radius 2 is 2.12 bits per heavy atom. The number of ether oxygens (including phenoxy) is 1. The van der Waals surface area contributed by atoms with E-state index >= 15 is 0 Å². The first kappa shape index (κ1) is 13.3. The van der Waals surface area contributed by atoms with E-state index in [9.17, 15) is 0 Å². The average molecular weight is 240 g/mol. The van der Waals surface area contributed by atoms with Gasteiger partial charge in [-0.25, -0.2) is 0 Å². The SMILES string of the molecule is CCC1(CC)CNC(C)CN1CC1CCOC1. The second kappa shape index (κ2) is 5.68. The smallest absolute Gasteiger partial charge is 0.0507 e. The Bertz CT molecular complexity index is 234. The minimum atomic E-state index is 0.384. The molecule has 0 aromatic rings. The van der Waals surface area contributed by atoms with Gasteiger partial charge in [-0.1, -0.05) is 13.8 Å². The van der Waals surface area contributed by atoms with Crippen LogP contribution in [0.1, 0.15) is 40.0 Å². The van der Waals surface area contributed by atoms with Crippen molar-refractivity contribution in [3.8, 4) is 0 Å². The van der Waals surface area contributed by atoms with E-state index in [1.54, 1.807) is 0 Å². The van der Waals surface area contributed by atoms with Crippen LogP contribution in [0, 0.1) is 5.92 Å². The van der Waals surface area contributed by atoms with Crippen LogP contribution in [0.5, 0.6) is 0 Å². The summed E-state index contributed by atoms with van der Waals surface area (Å²) in [6.07, 6.45) is 3.75. The molecule has 3 nitrogen and oxygen atoms in total. The zero-order valence-electron chi connectivity index (χ0n) is 11.7. The van der Waals surface area contributed by atoms with Crippen LogP contribution in [0.3, 0.4) is 0 Å². The van der Waals surface area contributed by atoms with Gasteiger partial charge in [0, 0.05) is 37.8 Å². The summed E-state index contributed by atoms with van der Waals surface area (Å²) in [5.41, 5.74) is 0.384. The molecule has 2 rings (SSSR count). The molecule has 2 aliphatic heterocycles. The number of rotatable bonds is 4. The molecule has 2 heterocycles. The maximum absolute atomic E-state index is 5.52. The van der Waals surface area contributed by atoms with Crippen LogP contribution in [0.25, 0.3) is 0 Å². The molecular formula is C14H28N2O. The van der Waals surface area contributed by atoms with Gasteiger partial charge in [-0.3, -0.25) is 4.90 Å². The number of nitrogens with zero attached hydrogens (tertiary/aromatic N) is 1. The first-order chi connectivity index (χ1) is 8.20. The van der Waals surface area contributed by atoms with Crippen molar-refractivity contribution in [3.63, 3.8) is 0 Å². The van der Waals surface area contributed by atoms with Crippen LogP contribution in [-0.2, 0) is 4.74 Å². The van der Waals surface area contributed by atoms with Crippen molar-refractivity contribution in [2.75, 3.05) is 32.8 Å². The summed E-state index contributed by atoms with van der Waals surface area (Å²) in [5.74, 6) is 0.762. The molecule has 2 unspecified atom stereocenters. The normalized spacial score (nSPS) is 34.1. The molecule has 0 aromatic heterocycles. The van der Waals surface area contributed by atoms with E-state index in [0.29, 0.717) is 11.6 Å². The standard InChI is InChI=1S/C14H28N2O/c1-4-14(5-2)11-15-12(3)8-16(14)9-13-6-7-17-10-13/h12-13,15H,4-11H2,1-3H3. The highest BCUT2D eigenvalue weighted by atomic mass is 16.5. The van der Waals surface area contributed by atoms with Crippen LogP contribution < -0.4 is 5.32 Å². The van der Waals surface area contributed by atoms with Crippen molar-refractivity contribution in [3.05, 3.63) is 0 Å². The van der Waals surface area contributed by atoms with Gasteiger partial charge in [0.05, 0.1) is 6.61 Å². The molecule has 0 saturated carbocycles. The number of nitrogens with one attached hydrogen (secondary N) is 1. The predicted octanol–water partition coefficient (Wildman–Crippen LogP) is 1.88. The van der Waals surface area contributed by atoms with E-state index in [0.717, 1.165) is 25.7 Å². The van der Waals surface area contributed by atoms with Gasteiger partial charge in [-0.2, -0.15) is 0 Å². The Morgan fingerprint density at radius 1 is 1.35 bits per heavy atom. The van der Waals surface area contributed by atoms with Gasteiger partial charge >= 0.3 is 0 Å². The van der Waals surface area contributed by atoms with Gasteiger partial charge < -0.3 is 10.1 Å². The largest absolute Gasteiger partial charge is 0.381 e. The third-order valence-electron chi connectivity index (χ3n) is 4.76. The van der Waals surface area contributed by atoms with Gasteiger partial charge in [-0.15, -0.1) is 0 Å². The summed E-state index contributed by atoms with van der Waals surface area (Å²) in [6, 6.07) is 0.628. The van der Waals surface area contributed by atoms with Crippen molar-refractivity contribution in [2.24, 2.45) is 5.92 Å². The molecule has 0 aliphatic carbocycles. The lowest BCUT2D eigenvalue weighted by Crippen LogP contribution is -2.64. The molecule has 0 radical (unpaired) electrons. The van der Waals surface area contributed by atoms with E-state index in [1.807, 2.05) is 0 Å². The van der Waals surface area contributed by atoms with E-state index in [2.05, 4.69) is 31.0 Å². The second-order valence-electron chi connectivity index (χ2n) is 5.85. The van der Waals surface area contributed by atoms with Crippen LogP contribution in [0.4, 0.5) is 0 Å². The van der Waals surface area contributed by atoms with Gasteiger partial charge in [0.15, 0.2) is 0 Å². The van der Waals surface area contributed by atoms with Crippen molar-refractivity contribution in [1.29, 1.82) is 0 Å². The van der Waals surface area contributed by atoms with E-state index in [4.69, 9.17) is 4.74 Å². The van der Waals surface area contributed by atoms with Gasteiger partial charge in [0.1, 0.15) is 0 Å². The fraction of sp³-hybridized carbons (Fsp3) is 1.00. The Kier molecular flexibility index (Phi) is 4.45. The highest BCUT2D eigenvalue weighted by Gasteiger charge is 2.38. The first-order valence-electron chi connectivity index (χ1n) is 7.26. The molecule has 0 spiro atoms. The zero-order valence-corrected chi connectivity index (χ0v) is 11.7. The number of piperazine rings is 1. The summed E-state index contributed by atoms with van der Waals surface area (Å²) in [4.78, 5) is 2.74. The Hall–Kier alpha value is -0.120. The quantitative estimate of drug-likeness (QED) is 0.812. The molecule has 3 heteroatoms. The van der Waals surface area contributed by atoms with Crippen LogP contribution in [-0.4, -0.2) is 49.3 Å². The maximum Gasteiger partial charge on any atom is 0.0507 e. The summed E-state index contributed by atoms with van der Waals surface area (Å²) in [5, 5.41) is 3.66. The molecule has 100 valence electrons. The lowest BCUT2D eigenvalue weighted by molar-refractivity contribution is 0.0202. The Balaban J connectivity index is 2.02. The summed E-state index contributed by atoms with van der Waals surface area (Å²) >= 11 is 0. The highest BCUT2D eigenvalue weighted by molar-refractivity contribution is 4.97. The van der Waals surface area contributed by atoms with Crippen LogP contribution in [0.2, 0.25) is 0 Å². The molecule has 0 bridgehead atoms. The first-order valence-corrected chi connectivity index (χ1v) is 7.26. The molecule has 0 amide bonds. The van der Waals surface area contributed by atoms with E-state index in [-0.39, 0.29) is 0 Å². The molecule has 2 aliphatic rings. The molecule has 2 fully saturated rings. The molecule has 1 N–H and O–H groups in total. The summed E-state index contributed by atoms with van der Waals surface area (Å²) in [6.45, 7) is 12.5. The minimum Gasteiger partial charge on any atom is -0.381 e. The van der Waals surface area contributed by atoms with Gasteiger partial charge in [0.25, 0.3) is 0 Å². The lowest BCUT2D eigenvalue weighted by atomic mass is 9.86. The fourth-order valence-corrected chi connectivity index (χ4v) is 3.32. The predicted molar refractivity (Wildman–Crippen MR) is 71.3 cm³/mol. The maximum atomic E-state index is 5.52. The van der Waals surface area contributed by atoms with Crippen molar-refractivity contribution in [1.82, 2.24) is 10.2 Å². The van der Waals surface area contributed by atoms with Crippen molar-refractivity contribution < 1.29 is 4.74 Å². The number of hydrogen-bond acceptors (Lipinski definition) is 3. The molecule has 0 aromatic carbocycles. The summed E-state index contributed by atoms with van der Waals surface area (Å²) < 4.78 is 5.52. The summed E-state index contributed by atoms with van der Waals surface area (Å²) in [7, 11) is 0. The molecular weight excluding hydrogens is 212 g/mol. The zero-order chi connectivity index (χ0) is 12.3. The van der Waals surface area contributed by atoms with E-state index in [1.165, 1.54) is 32.4 Å². The third kappa shape index (κ3) is 2.83. The van der Waals surface area contributed by atoms with Gasteiger partial charge in [0.2, 0.25) is 0 Å². The van der Waals surface area contributed by atoms with Crippen LogP contribution in [0.15, 0.2) is 0 Å². The van der Waals surface area contributed by atoms with Crippen molar-refractivity contribution in [2.45, 2.75) is 51.6 Å². The average Bonchev–Trinajstić information content (AvgIpc) is 2.83. The molecule has 2 atom stereocenters. The topological polar surface area (TPSA) is 24.5 Å². The third-order valence-corrected chi connectivity index (χ3v) is 4.76. The Morgan fingerprint density at radius 3 is 2.71 bits per heavy atom. The molecule has 17 heavy (non-hydrogen) atoms. The van der Waals surface area contributed by atoms with E-state index < -0.39 is 0 Å². The second-order valence-corrected chi connectivity index (χ2v) is 5.85. The van der Waals surface area contributed by atoms with Gasteiger partial charge in [-0.05, 0) is 32.1 Å².